The number of rotatable bonds is 4. The van der Waals surface area contributed by atoms with Crippen molar-refractivity contribution in [1.82, 2.24) is 9.88 Å². The monoisotopic (exact) mass is 353 g/mol. The molecule has 4 nitrogen and oxygen atoms in total. The molecule has 1 aromatic heterocycles. The van der Waals surface area contributed by atoms with Gasteiger partial charge in [-0.3, -0.25) is 0 Å². The van der Waals surface area contributed by atoms with Gasteiger partial charge < -0.3 is 14.5 Å². The molecule has 0 atom stereocenters. The molecule has 26 heavy (non-hydrogen) atoms. The van der Waals surface area contributed by atoms with E-state index in [-0.39, 0.29) is 5.60 Å². The first-order valence-corrected chi connectivity index (χ1v) is 9.88. The molecule has 0 spiro atoms. The van der Waals surface area contributed by atoms with Crippen LogP contribution in [-0.4, -0.2) is 56.3 Å². The first kappa shape index (κ1) is 17.7. The summed E-state index contributed by atoms with van der Waals surface area (Å²) in [6.45, 7) is 5.22. The number of aromatic nitrogens is 1. The van der Waals surface area contributed by atoms with Crippen LogP contribution >= 0.6 is 0 Å². The van der Waals surface area contributed by atoms with Crippen molar-refractivity contribution in [3.63, 3.8) is 0 Å². The summed E-state index contributed by atoms with van der Waals surface area (Å²) in [5, 5.41) is 1.32. The third-order valence-electron chi connectivity index (χ3n) is 6.25. The van der Waals surface area contributed by atoms with Gasteiger partial charge in [0.1, 0.15) is 5.82 Å². The molecule has 0 radical (unpaired) electrons. The van der Waals surface area contributed by atoms with Gasteiger partial charge in [-0.05, 0) is 88.0 Å². The van der Waals surface area contributed by atoms with E-state index in [0.717, 1.165) is 43.8 Å². The van der Waals surface area contributed by atoms with Crippen LogP contribution < -0.4 is 4.90 Å². The van der Waals surface area contributed by atoms with Gasteiger partial charge in [0.05, 0.1) is 11.1 Å². The molecule has 0 amide bonds. The highest BCUT2D eigenvalue weighted by Crippen LogP contribution is 2.33. The number of pyridine rings is 1. The minimum absolute atomic E-state index is 0.0211. The molecule has 1 aliphatic heterocycles. The summed E-state index contributed by atoms with van der Waals surface area (Å²) < 4.78 is 5.93. The molecule has 2 heterocycles. The van der Waals surface area contributed by atoms with Crippen molar-refractivity contribution < 1.29 is 4.74 Å². The van der Waals surface area contributed by atoms with E-state index in [4.69, 9.17) is 9.72 Å². The van der Waals surface area contributed by atoms with Crippen molar-refractivity contribution >= 4 is 16.7 Å². The molecule has 2 aromatic rings. The summed E-state index contributed by atoms with van der Waals surface area (Å²) in [6.07, 6.45) is 5.81. The van der Waals surface area contributed by atoms with Crippen LogP contribution in [0.15, 0.2) is 18.2 Å². The number of nitrogens with zero attached hydrogens (tertiary/aromatic N) is 3. The molecular weight excluding hydrogens is 322 g/mol. The van der Waals surface area contributed by atoms with E-state index in [1.807, 2.05) is 7.11 Å². The van der Waals surface area contributed by atoms with E-state index in [1.54, 1.807) is 0 Å². The van der Waals surface area contributed by atoms with Crippen LogP contribution in [0.2, 0.25) is 0 Å². The third-order valence-corrected chi connectivity index (χ3v) is 6.25. The lowest BCUT2D eigenvalue weighted by Gasteiger charge is -2.42. The van der Waals surface area contributed by atoms with Gasteiger partial charge in [-0.25, -0.2) is 4.98 Å². The zero-order valence-corrected chi connectivity index (χ0v) is 16.6. The van der Waals surface area contributed by atoms with Crippen LogP contribution in [0.25, 0.3) is 10.9 Å². The number of fused-ring (bicyclic) bond motifs is 2. The average molecular weight is 354 g/mol. The predicted octanol–water partition coefficient (Wildman–Crippen LogP) is 3.58. The smallest absolute Gasteiger partial charge is 0.129 e. The van der Waals surface area contributed by atoms with Gasteiger partial charge >= 0.3 is 0 Å². The minimum atomic E-state index is -0.0211. The molecule has 140 valence electrons. The van der Waals surface area contributed by atoms with E-state index in [1.165, 1.54) is 41.3 Å². The molecule has 1 aliphatic carbocycles. The SMILES string of the molecule is COC1(CN(C)C)CCN(c2cc(C)c3cc4c(cc3n2)CCC4)CC1. The molecule has 0 bridgehead atoms. The zero-order valence-electron chi connectivity index (χ0n) is 16.6. The van der Waals surface area contributed by atoms with E-state index in [2.05, 4.69) is 49.0 Å². The van der Waals surface area contributed by atoms with E-state index in [9.17, 15) is 0 Å². The highest BCUT2D eigenvalue weighted by Gasteiger charge is 2.35. The Balaban J connectivity index is 1.59. The number of ether oxygens (including phenoxy) is 1. The van der Waals surface area contributed by atoms with Crippen molar-refractivity contribution in [1.29, 1.82) is 0 Å². The maximum atomic E-state index is 5.93. The fourth-order valence-corrected chi connectivity index (χ4v) is 4.75. The number of likely N-dealkylation sites (N-methyl/N-ethyl adjacent to an activating group) is 1. The molecule has 0 N–H and O–H groups in total. The van der Waals surface area contributed by atoms with E-state index in [0.29, 0.717) is 0 Å². The van der Waals surface area contributed by atoms with Crippen molar-refractivity contribution in [2.24, 2.45) is 0 Å². The van der Waals surface area contributed by atoms with Gasteiger partial charge in [0, 0.05) is 32.1 Å². The Bertz CT molecular complexity index is 807. The van der Waals surface area contributed by atoms with Crippen molar-refractivity contribution in [2.45, 2.75) is 44.6 Å². The molecule has 1 fully saturated rings. The summed E-state index contributed by atoms with van der Waals surface area (Å²) in [5.74, 6) is 1.13. The topological polar surface area (TPSA) is 28.6 Å². The summed E-state index contributed by atoms with van der Waals surface area (Å²) in [6, 6.07) is 6.99. The van der Waals surface area contributed by atoms with Gasteiger partial charge in [0.2, 0.25) is 0 Å². The maximum absolute atomic E-state index is 5.93. The predicted molar refractivity (Wildman–Crippen MR) is 108 cm³/mol. The molecule has 4 rings (SSSR count). The lowest BCUT2D eigenvalue weighted by atomic mass is 9.90. The molecule has 0 saturated carbocycles. The highest BCUT2D eigenvalue weighted by molar-refractivity contribution is 5.85. The molecule has 1 saturated heterocycles. The average Bonchev–Trinajstić information content (AvgIpc) is 3.07. The van der Waals surface area contributed by atoms with E-state index >= 15 is 0 Å². The van der Waals surface area contributed by atoms with Crippen LogP contribution in [0.3, 0.4) is 0 Å². The fourth-order valence-electron chi connectivity index (χ4n) is 4.75. The number of hydrogen-bond acceptors (Lipinski definition) is 4. The Hall–Kier alpha value is -1.65. The largest absolute Gasteiger partial charge is 0.377 e. The summed E-state index contributed by atoms with van der Waals surface area (Å²) in [7, 11) is 6.11. The lowest BCUT2D eigenvalue weighted by Crippen LogP contribution is -2.51. The maximum Gasteiger partial charge on any atom is 0.129 e. The lowest BCUT2D eigenvalue weighted by molar-refractivity contribution is -0.0455. The first-order valence-electron chi connectivity index (χ1n) is 9.88. The number of anilines is 1. The van der Waals surface area contributed by atoms with Gasteiger partial charge in [0.15, 0.2) is 0 Å². The quantitative estimate of drug-likeness (QED) is 0.840. The Kier molecular flexibility index (Phi) is 4.66. The van der Waals surface area contributed by atoms with Crippen LogP contribution in [0.5, 0.6) is 0 Å². The first-order chi connectivity index (χ1) is 12.5. The van der Waals surface area contributed by atoms with Crippen LogP contribution in [0.1, 0.15) is 36.0 Å². The normalized spacial score (nSPS) is 19.3. The summed E-state index contributed by atoms with van der Waals surface area (Å²) in [4.78, 5) is 9.72. The second kappa shape index (κ2) is 6.82. The standard InChI is InChI=1S/C22H31N3O/c1-16-12-21(23-20-14-18-7-5-6-17(18)13-19(16)20)25-10-8-22(26-4,9-11-25)15-24(2)3/h12-14H,5-11,15H2,1-4H3. The third kappa shape index (κ3) is 3.21. The molecule has 2 aliphatic rings. The second-order valence-electron chi connectivity index (χ2n) is 8.40. The molecular formula is C22H31N3O. The van der Waals surface area contributed by atoms with Crippen LogP contribution in [0.4, 0.5) is 5.82 Å². The second-order valence-corrected chi connectivity index (χ2v) is 8.40. The fraction of sp³-hybridized carbons (Fsp3) is 0.591. The number of hydrogen-bond donors (Lipinski definition) is 0. The number of benzene rings is 1. The van der Waals surface area contributed by atoms with Crippen molar-refractivity contribution in [3.05, 3.63) is 34.9 Å². The Morgan fingerprint density at radius 3 is 2.46 bits per heavy atom. The number of aryl methyl sites for hydroxylation is 3. The Morgan fingerprint density at radius 1 is 1.12 bits per heavy atom. The van der Waals surface area contributed by atoms with Crippen LogP contribution in [0, 0.1) is 6.92 Å². The van der Waals surface area contributed by atoms with E-state index < -0.39 is 0 Å². The van der Waals surface area contributed by atoms with Gasteiger partial charge in [0.25, 0.3) is 0 Å². The Labute approximate surface area is 157 Å². The molecule has 4 heteroatoms. The van der Waals surface area contributed by atoms with Crippen LogP contribution in [-0.2, 0) is 17.6 Å². The highest BCUT2D eigenvalue weighted by atomic mass is 16.5. The Morgan fingerprint density at radius 2 is 1.81 bits per heavy atom. The van der Waals surface area contributed by atoms with Gasteiger partial charge in [-0.15, -0.1) is 0 Å². The van der Waals surface area contributed by atoms with Gasteiger partial charge in [-0.2, -0.15) is 0 Å². The summed E-state index contributed by atoms with van der Waals surface area (Å²) >= 11 is 0. The molecule has 1 aromatic carbocycles. The van der Waals surface area contributed by atoms with Gasteiger partial charge in [-0.1, -0.05) is 0 Å². The number of methoxy groups -OCH3 is 1. The van der Waals surface area contributed by atoms with Crippen molar-refractivity contribution in [2.75, 3.05) is 45.7 Å². The summed E-state index contributed by atoms with van der Waals surface area (Å²) in [5.41, 5.74) is 5.52. The number of piperidine rings is 1. The van der Waals surface area contributed by atoms with Crippen molar-refractivity contribution in [3.8, 4) is 0 Å². The molecule has 0 unspecified atom stereocenters. The minimum Gasteiger partial charge on any atom is -0.377 e. The zero-order chi connectivity index (χ0) is 18.3.